The first-order valence-corrected chi connectivity index (χ1v) is 10.8. The maximum atomic E-state index is 12.4. The molecule has 2 heterocycles. The van der Waals surface area contributed by atoms with Gasteiger partial charge in [-0.05, 0) is 36.8 Å². The topological polar surface area (TPSA) is 94.1 Å². The number of guanidine groups is 1. The highest BCUT2D eigenvalue weighted by Crippen LogP contribution is 2.17. The molecule has 8 nitrogen and oxygen atoms in total. The molecule has 8 heteroatoms. The lowest BCUT2D eigenvalue weighted by Gasteiger charge is -2.36. The zero-order valence-electron chi connectivity index (χ0n) is 18.1. The van der Waals surface area contributed by atoms with E-state index < -0.39 is 6.04 Å². The van der Waals surface area contributed by atoms with Crippen molar-refractivity contribution >= 4 is 34.9 Å². The van der Waals surface area contributed by atoms with Gasteiger partial charge in [0.25, 0.3) is 5.91 Å². The molecule has 1 atom stereocenters. The van der Waals surface area contributed by atoms with Gasteiger partial charge in [0.15, 0.2) is 0 Å². The van der Waals surface area contributed by atoms with Crippen LogP contribution in [0.4, 0.5) is 11.4 Å². The summed E-state index contributed by atoms with van der Waals surface area (Å²) < 4.78 is 0. The lowest BCUT2D eigenvalue weighted by Crippen LogP contribution is -2.52. The van der Waals surface area contributed by atoms with Crippen molar-refractivity contribution in [2.24, 2.45) is 4.99 Å². The van der Waals surface area contributed by atoms with Gasteiger partial charge in [-0.1, -0.05) is 30.3 Å². The minimum Gasteiger partial charge on any atom is -0.368 e. The summed E-state index contributed by atoms with van der Waals surface area (Å²) in [6.07, 6.45) is 0.349. The van der Waals surface area contributed by atoms with E-state index in [2.05, 4.69) is 37.6 Å². The zero-order valence-corrected chi connectivity index (χ0v) is 18.1. The third-order valence-electron chi connectivity index (χ3n) is 5.59. The van der Waals surface area contributed by atoms with Crippen molar-refractivity contribution in [3.63, 3.8) is 0 Å². The first kappa shape index (κ1) is 21.5. The van der Waals surface area contributed by atoms with Crippen molar-refractivity contribution in [2.75, 3.05) is 36.4 Å². The molecule has 0 radical (unpaired) electrons. The minimum absolute atomic E-state index is 0.0193. The smallest absolute Gasteiger partial charge is 0.252 e. The first-order chi connectivity index (χ1) is 15.5. The summed E-state index contributed by atoms with van der Waals surface area (Å²) in [6.45, 7) is 4.72. The van der Waals surface area contributed by atoms with E-state index in [0.717, 1.165) is 31.7 Å². The molecule has 2 aliphatic rings. The zero-order chi connectivity index (χ0) is 22.5. The molecule has 32 heavy (non-hydrogen) atoms. The van der Waals surface area contributed by atoms with E-state index in [0.29, 0.717) is 18.1 Å². The molecule has 4 rings (SSSR count). The molecule has 166 valence electrons. The number of carbonyl (C=O) groups is 3. The number of Topliss-reactive ketones (excluding diaryl/α,β-unsaturated/α-hetero) is 1. The Kier molecular flexibility index (Phi) is 6.49. The van der Waals surface area contributed by atoms with Gasteiger partial charge >= 0.3 is 0 Å². The number of anilines is 2. The third kappa shape index (κ3) is 5.32. The van der Waals surface area contributed by atoms with Gasteiger partial charge in [-0.25, -0.2) is 4.99 Å². The normalized spacial score (nSPS) is 18.2. The number of piperazine rings is 1. The van der Waals surface area contributed by atoms with Crippen molar-refractivity contribution in [3.05, 3.63) is 60.2 Å². The average Bonchev–Trinajstić information content (AvgIpc) is 3.15. The standard InChI is InChI=1S/C24H27N5O3/c1-17(30)15-18-7-9-19(10-8-18)25-22(31)16-21-23(32)27-24(26-21)29-13-11-28(12-14-29)20-5-3-2-4-6-20/h2-10,21H,11-16H2,1H3,(H,25,31)(H,26,27,32). The highest BCUT2D eigenvalue weighted by Gasteiger charge is 2.32. The molecule has 0 aromatic heterocycles. The van der Waals surface area contributed by atoms with Crippen LogP contribution in [0.5, 0.6) is 0 Å². The lowest BCUT2D eigenvalue weighted by atomic mass is 10.1. The van der Waals surface area contributed by atoms with E-state index in [1.54, 1.807) is 19.1 Å². The van der Waals surface area contributed by atoms with Crippen LogP contribution in [0.3, 0.4) is 0 Å². The Bertz CT molecular complexity index is 1010. The van der Waals surface area contributed by atoms with Gasteiger partial charge in [-0.15, -0.1) is 0 Å². The maximum absolute atomic E-state index is 12.4. The SMILES string of the molecule is CC(=O)Cc1ccc(NC(=O)CC2N=C(N3CCN(c4ccccc4)CC3)NC2=O)cc1. The first-order valence-electron chi connectivity index (χ1n) is 10.8. The van der Waals surface area contributed by atoms with Crippen molar-refractivity contribution < 1.29 is 14.4 Å². The minimum atomic E-state index is -0.728. The predicted molar refractivity (Wildman–Crippen MR) is 124 cm³/mol. The number of carbonyl (C=O) groups excluding carboxylic acids is 3. The summed E-state index contributed by atoms with van der Waals surface area (Å²) in [5, 5.41) is 5.62. The van der Waals surface area contributed by atoms with Gasteiger partial charge in [0, 0.05) is 44.0 Å². The Morgan fingerprint density at radius 3 is 2.31 bits per heavy atom. The molecule has 0 bridgehead atoms. The largest absolute Gasteiger partial charge is 0.368 e. The van der Waals surface area contributed by atoms with E-state index in [-0.39, 0.29) is 24.0 Å². The van der Waals surface area contributed by atoms with Crippen LogP contribution >= 0.6 is 0 Å². The molecule has 1 unspecified atom stereocenters. The second-order valence-electron chi connectivity index (χ2n) is 8.10. The molecule has 0 spiro atoms. The molecule has 2 N–H and O–H groups in total. The summed E-state index contributed by atoms with van der Waals surface area (Å²) in [7, 11) is 0. The van der Waals surface area contributed by atoms with Gasteiger partial charge in [-0.2, -0.15) is 0 Å². The van der Waals surface area contributed by atoms with Gasteiger partial charge in [0.1, 0.15) is 11.8 Å². The summed E-state index contributed by atoms with van der Waals surface area (Å²) in [4.78, 5) is 44.8. The quantitative estimate of drug-likeness (QED) is 0.725. The maximum Gasteiger partial charge on any atom is 0.252 e. The molecular formula is C24H27N5O3. The van der Waals surface area contributed by atoms with Crippen molar-refractivity contribution in [1.82, 2.24) is 10.2 Å². The second kappa shape index (κ2) is 9.64. The Balaban J connectivity index is 1.29. The molecule has 1 saturated heterocycles. The fourth-order valence-corrected chi connectivity index (χ4v) is 3.93. The molecule has 2 amide bonds. The van der Waals surface area contributed by atoms with Gasteiger partial charge in [0.2, 0.25) is 11.9 Å². The highest BCUT2D eigenvalue weighted by atomic mass is 16.2. The van der Waals surface area contributed by atoms with E-state index in [9.17, 15) is 14.4 Å². The number of ketones is 1. The van der Waals surface area contributed by atoms with E-state index in [1.807, 2.05) is 30.3 Å². The Morgan fingerprint density at radius 1 is 1.00 bits per heavy atom. The van der Waals surface area contributed by atoms with Crippen molar-refractivity contribution in [2.45, 2.75) is 25.8 Å². The van der Waals surface area contributed by atoms with Crippen LogP contribution in [0.2, 0.25) is 0 Å². The van der Waals surface area contributed by atoms with Crippen LogP contribution in [0.15, 0.2) is 59.6 Å². The molecule has 0 saturated carbocycles. The summed E-state index contributed by atoms with van der Waals surface area (Å²) in [5.41, 5.74) is 2.71. The molecular weight excluding hydrogens is 406 g/mol. The average molecular weight is 434 g/mol. The Hall–Kier alpha value is -3.68. The number of nitrogens with one attached hydrogen (secondary N) is 2. The van der Waals surface area contributed by atoms with Crippen LogP contribution < -0.4 is 15.5 Å². The Morgan fingerprint density at radius 2 is 1.66 bits per heavy atom. The molecule has 2 aliphatic heterocycles. The summed E-state index contributed by atoms with van der Waals surface area (Å²) in [5.74, 6) is 0.110. The molecule has 2 aromatic carbocycles. The fourth-order valence-electron chi connectivity index (χ4n) is 3.93. The number of hydrogen-bond acceptors (Lipinski definition) is 6. The number of nitrogens with zero attached hydrogens (tertiary/aromatic N) is 3. The number of rotatable bonds is 6. The van der Waals surface area contributed by atoms with Gasteiger partial charge < -0.3 is 15.1 Å². The lowest BCUT2D eigenvalue weighted by molar-refractivity contribution is -0.124. The van der Waals surface area contributed by atoms with Crippen molar-refractivity contribution in [1.29, 1.82) is 0 Å². The monoisotopic (exact) mass is 433 g/mol. The highest BCUT2D eigenvalue weighted by molar-refractivity contribution is 6.07. The van der Waals surface area contributed by atoms with Crippen LogP contribution in [0.25, 0.3) is 0 Å². The summed E-state index contributed by atoms with van der Waals surface area (Å²) >= 11 is 0. The fraction of sp³-hybridized carbons (Fsp3) is 0.333. The molecule has 1 fully saturated rings. The van der Waals surface area contributed by atoms with Crippen LogP contribution in [-0.4, -0.2) is 60.7 Å². The molecule has 2 aromatic rings. The summed E-state index contributed by atoms with van der Waals surface area (Å²) in [6, 6.07) is 16.6. The predicted octanol–water partition coefficient (Wildman–Crippen LogP) is 1.82. The van der Waals surface area contributed by atoms with Crippen LogP contribution in [0, 0.1) is 0 Å². The van der Waals surface area contributed by atoms with Crippen molar-refractivity contribution in [3.8, 4) is 0 Å². The van der Waals surface area contributed by atoms with Crippen LogP contribution in [0.1, 0.15) is 18.9 Å². The van der Waals surface area contributed by atoms with Gasteiger partial charge in [0.05, 0.1) is 6.42 Å². The van der Waals surface area contributed by atoms with E-state index in [4.69, 9.17) is 0 Å². The molecule has 0 aliphatic carbocycles. The Labute approximate surface area is 187 Å². The van der Waals surface area contributed by atoms with Crippen LogP contribution in [-0.2, 0) is 20.8 Å². The van der Waals surface area contributed by atoms with E-state index >= 15 is 0 Å². The number of amides is 2. The van der Waals surface area contributed by atoms with E-state index in [1.165, 1.54) is 5.69 Å². The number of para-hydroxylation sites is 1. The number of aliphatic imine (C=N–C) groups is 1. The number of benzene rings is 2. The third-order valence-corrected chi connectivity index (χ3v) is 5.59. The second-order valence-corrected chi connectivity index (χ2v) is 8.10. The number of hydrogen-bond donors (Lipinski definition) is 2. The van der Waals surface area contributed by atoms with Gasteiger partial charge in [-0.3, -0.25) is 19.7 Å².